The van der Waals surface area contributed by atoms with E-state index in [2.05, 4.69) is 9.84 Å². The average Bonchev–Trinajstić information content (AvgIpc) is 2.77. The lowest BCUT2D eigenvalue weighted by Crippen LogP contribution is -2.00. The Bertz CT molecular complexity index is 561. The number of hydrogen-bond donors (Lipinski definition) is 1. The van der Waals surface area contributed by atoms with Crippen molar-refractivity contribution in [2.24, 2.45) is 0 Å². The van der Waals surface area contributed by atoms with Crippen molar-refractivity contribution in [2.75, 3.05) is 12.8 Å². The molecule has 0 saturated heterocycles. The van der Waals surface area contributed by atoms with Crippen molar-refractivity contribution in [1.29, 1.82) is 0 Å². The van der Waals surface area contributed by atoms with Crippen LogP contribution < -0.4 is 5.73 Å². The number of methoxy groups -OCH3 is 1. The minimum absolute atomic E-state index is 0.399. The molecule has 0 unspecified atom stereocenters. The number of aryl methyl sites for hydroxylation is 1. The number of hydrogen-bond acceptors (Lipinski definition) is 4. The molecule has 0 saturated carbocycles. The van der Waals surface area contributed by atoms with E-state index in [0.717, 1.165) is 11.3 Å². The van der Waals surface area contributed by atoms with E-state index in [1.807, 2.05) is 19.1 Å². The van der Waals surface area contributed by atoms with E-state index in [9.17, 15) is 4.79 Å². The second-order valence-corrected chi connectivity index (χ2v) is 3.71. The fraction of sp³-hybridized carbons (Fsp3) is 0.167. The quantitative estimate of drug-likeness (QED) is 0.628. The van der Waals surface area contributed by atoms with Crippen molar-refractivity contribution in [3.8, 4) is 5.69 Å². The van der Waals surface area contributed by atoms with Crippen molar-refractivity contribution in [3.05, 3.63) is 41.7 Å². The highest BCUT2D eigenvalue weighted by Crippen LogP contribution is 2.17. The zero-order valence-corrected chi connectivity index (χ0v) is 9.68. The summed E-state index contributed by atoms with van der Waals surface area (Å²) in [6, 6.07) is 5.51. The van der Waals surface area contributed by atoms with Crippen LogP contribution in [0, 0.1) is 6.92 Å². The van der Waals surface area contributed by atoms with Gasteiger partial charge in [0, 0.05) is 11.9 Å². The van der Waals surface area contributed by atoms with E-state index in [4.69, 9.17) is 5.73 Å². The maximum atomic E-state index is 11.3. The van der Waals surface area contributed by atoms with Gasteiger partial charge in [-0.3, -0.25) is 0 Å². The van der Waals surface area contributed by atoms with Gasteiger partial charge >= 0.3 is 5.97 Å². The lowest BCUT2D eigenvalue weighted by Gasteiger charge is -2.06. The van der Waals surface area contributed by atoms with Gasteiger partial charge in [0.25, 0.3) is 0 Å². The summed E-state index contributed by atoms with van der Waals surface area (Å²) in [5, 5.41) is 4.12. The van der Waals surface area contributed by atoms with Gasteiger partial charge in [-0.1, -0.05) is 0 Å². The molecule has 0 radical (unpaired) electrons. The molecule has 5 nitrogen and oxygen atoms in total. The first-order valence-corrected chi connectivity index (χ1v) is 5.11. The molecule has 1 aromatic heterocycles. The number of esters is 1. The van der Waals surface area contributed by atoms with Gasteiger partial charge in [-0.15, -0.1) is 0 Å². The van der Waals surface area contributed by atoms with E-state index in [-0.39, 0.29) is 0 Å². The molecule has 2 rings (SSSR count). The minimum Gasteiger partial charge on any atom is -0.465 e. The number of ether oxygens (including phenoxy) is 1. The van der Waals surface area contributed by atoms with E-state index in [1.165, 1.54) is 13.3 Å². The highest BCUT2D eigenvalue weighted by atomic mass is 16.5. The van der Waals surface area contributed by atoms with Crippen LogP contribution in [0.5, 0.6) is 0 Å². The SMILES string of the molecule is COC(=O)c1cnn(-c2ccc(N)cc2C)c1. The third kappa shape index (κ3) is 2.13. The third-order valence-electron chi connectivity index (χ3n) is 2.47. The number of nitrogens with two attached hydrogens (primary N) is 1. The van der Waals surface area contributed by atoms with E-state index < -0.39 is 5.97 Å². The molecule has 0 aliphatic carbocycles. The predicted molar refractivity (Wildman–Crippen MR) is 64.1 cm³/mol. The number of carbonyl (C=O) groups excluding carboxylic acids is 1. The lowest BCUT2D eigenvalue weighted by atomic mass is 10.2. The molecule has 2 N–H and O–H groups in total. The van der Waals surface area contributed by atoms with Crippen LogP contribution in [0.2, 0.25) is 0 Å². The number of anilines is 1. The normalized spacial score (nSPS) is 10.2. The number of rotatable bonds is 2. The number of aromatic nitrogens is 2. The van der Waals surface area contributed by atoms with Crippen molar-refractivity contribution in [2.45, 2.75) is 6.92 Å². The Kier molecular flexibility index (Phi) is 2.82. The van der Waals surface area contributed by atoms with Gasteiger partial charge in [-0.25, -0.2) is 9.48 Å². The average molecular weight is 231 g/mol. The summed E-state index contributed by atoms with van der Waals surface area (Å²) in [7, 11) is 1.34. The molecular weight excluding hydrogens is 218 g/mol. The second kappa shape index (κ2) is 4.29. The minimum atomic E-state index is -0.399. The van der Waals surface area contributed by atoms with Crippen LogP contribution in [0.3, 0.4) is 0 Å². The molecule has 0 amide bonds. The zero-order chi connectivity index (χ0) is 12.4. The first-order chi connectivity index (χ1) is 8.11. The predicted octanol–water partition coefficient (Wildman–Crippen LogP) is 1.55. The smallest absolute Gasteiger partial charge is 0.341 e. The molecular formula is C12H13N3O2. The first kappa shape index (κ1) is 11.2. The Labute approximate surface area is 98.8 Å². The fourth-order valence-corrected chi connectivity index (χ4v) is 1.61. The summed E-state index contributed by atoms with van der Waals surface area (Å²) in [4.78, 5) is 11.3. The largest absolute Gasteiger partial charge is 0.465 e. The van der Waals surface area contributed by atoms with Gasteiger partial charge in [0.1, 0.15) is 0 Å². The molecule has 1 aromatic carbocycles. The summed E-state index contributed by atoms with van der Waals surface area (Å²) in [6.07, 6.45) is 3.10. The van der Waals surface area contributed by atoms with Gasteiger partial charge in [-0.2, -0.15) is 5.10 Å². The highest BCUT2D eigenvalue weighted by molar-refractivity contribution is 5.88. The second-order valence-electron chi connectivity index (χ2n) is 3.71. The van der Waals surface area contributed by atoms with Crippen LogP contribution >= 0.6 is 0 Å². The topological polar surface area (TPSA) is 70.1 Å². The summed E-state index contributed by atoms with van der Waals surface area (Å²) < 4.78 is 6.25. The number of carbonyl (C=O) groups is 1. The van der Waals surface area contributed by atoms with Gasteiger partial charge < -0.3 is 10.5 Å². The summed E-state index contributed by atoms with van der Waals surface area (Å²) in [5.41, 5.74) is 8.67. The molecule has 0 bridgehead atoms. The standard InChI is InChI=1S/C12H13N3O2/c1-8-5-10(13)3-4-11(8)15-7-9(6-14-15)12(16)17-2/h3-7H,13H2,1-2H3. The van der Waals surface area contributed by atoms with Gasteiger partial charge in [0.2, 0.25) is 0 Å². The number of nitrogens with zero attached hydrogens (tertiary/aromatic N) is 2. The maximum Gasteiger partial charge on any atom is 0.341 e. The third-order valence-corrected chi connectivity index (χ3v) is 2.47. The molecule has 0 spiro atoms. The molecule has 0 aliphatic heterocycles. The van der Waals surface area contributed by atoms with Crippen molar-refractivity contribution >= 4 is 11.7 Å². The Balaban J connectivity index is 2.40. The number of nitrogen functional groups attached to an aromatic ring is 1. The monoisotopic (exact) mass is 231 g/mol. The van der Waals surface area contributed by atoms with Crippen LogP contribution in [-0.4, -0.2) is 22.9 Å². The molecule has 0 aliphatic rings. The Morgan fingerprint density at radius 1 is 1.47 bits per heavy atom. The van der Waals surface area contributed by atoms with Crippen LogP contribution in [0.25, 0.3) is 5.69 Å². The van der Waals surface area contributed by atoms with E-state index in [0.29, 0.717) is 11.3 Å². The molecule has 88 valence electrons. The highest BCUT2D eigenvalue weighted by Gasteiger charge is 2.10. The van der Waals surface area contributed by atoms with E-state index >= 15 is 0 Å². The molecule has 2 aromatic rings. The van der Waals surface area contributed by atoms with Crippen molar-refractivity contribution in [3.63, 3.8) is 0 Å². The van der Waals surface area contributed by atoms with Crippen molar-refractivity contribution < 1.29 is 9.53 Å². The van der Waals surface area contributed by atoms with Gasteiger partial charge in [-0.05, 0) is 30.7 Å². The number of benzene rings is 1. The van der Waals surface area contributed by atoms with Gasteiger partial charge in [0.05, 0.1) is 24.6 Å². The van der Waals surface area contributed by atoms with Crippen LogP contribution in [0.15, 0.2) is 30.6 Å². The summed E-state index contributed by atoms with van der Waals surface area (Å²) >= 11 is 0. The van der Waals surface area contributed by atoms with Gasteiger partial charge in [0.15, 0.2) is 0 Å². The zero-order valence-electron chi connectivity index (χ0n) is 9.68. The molecule has 17 heavy (non-hydrogen) atoms. The van der Waals surface area contributed by atoms with E-state index in [1.54, 1.807) is 16.9 Å². The van der Waals surface area contributed by atoms with Crippen LogP contribution in [0.1, 0.15) is 15.9 Å². The molecule has 5 heteroatoms. The maximum absolute atomic E-state index is 11.3. The Morgan fingerprint density at radius 3 is 2.88 bits per heavy atom. The summed E-state index contributed by atoms with van der Waals surface area (Å²) in [5.74, 6) is -0.399. The molecule has 1 heterocycles. The molecule has 0 fully saturated rings. The lowest BCUT2D eigenvalue weighted by molar-refractivity contribution is 0.0600. The Hall–Kier alpha value is -2.30. The fourth-order valence-electron chi connectivity index (χ4n) is 1.61. The van der Waals surface area contributed by atoms with Crippen LogP contribution in [0.4, 0.5) is 5.69 Å². The van der Waals surface area contributed by atoms with Crippen molar-refractivity contribution in [1.82, 2.24) is 9.78 Å². The summed E-state index contributed by atoms with van der Waals surface area (Å²) in [6.45, 7) is 1.94. The Morgan fingerprint density at radius 2 is 2.24 bits per heavy atom. The first-order valence-electron chi connectivity index (χ1n) is 5.11. The molecule has 0 atom stereocenters. The van der Waals surface area contributed by atoms with Crippen LogP contribution in [-0.2, 0) is 4.74 Å².